The summed E-state index contributed by atoms with van der Waals surface area (Å²) in [4.78, 5) is 4.28. The maximum Gasteiger partial charge on any atom is 0.153 e. The molecule has 2 atom stereocenters. The lowest BCUT2D eigenvalue weighted by Gasteiger charge is -2.27. The van der Waals surface area contributed by atoms with Gasteiger partial charge in [-0.25, -0.2) is 13.8 Å². The molecule has 1 aromatic heterocycles. The molecular weight excluding hydrogens is 286 g/mol. The highest BCUT2D eigenvalue weighted by Gasteiger charge is 2.36. The monoisotopic (exact) mass is 300 g/mol. The Morgan fingerprint density at radius 2 is 2.20 bits per heavy atom. The van der Waals surface area contributed by atoms with Gasteiger partial charge in [0, 0.05) is 18.7 Å². The van der Waals surface area contributed by atoms with Crippen molar-refractivity contribution in [2.24, 2.45) is 0 Å². The summed E-state index contributed by atoms with van der Waals surface area (Å²) in [6, 6.07) is 2.15. The molecule has 1 aliphatic heterocycles. The van der Waals surface area contributed by atoms with Gasteiger partial charge in [0.1, 0.15) is 17.2 Å². The molecule has 1 fully saturated rings. The minimum Gasteiger partial charge on any atom is -0.379 e. The van der Waals surface area contributed by atoms with Crippen molar-refractivity contribution in [2.45, 2.75) is 31.2 Å². The first-order valence-electron chi connectivity index (χ1n) is 6.52. The number of ether oxygens (including phenoxy) is 1. The molecule has 0 saturated carbocycles. The average molecular weight is 301 g/mol. The minimum absolute atomic E-state index is 0.155. The highest BCUT2D eigenvalue weighted by Crippen LogP contribution is 2.36. The zero-order chi connectivity index (χ0) is 14.5. The molecule has 0 aliphatic carbocycles. The highest BCUT2D eigenvalue weighted by atomic mass is 35.5. The Kier molecular flexibility index (Phi) is 3.21. The molecule has 0 spiro atoms. The smallest absolute Gasteiger partial charge is 0.153 e. The van der Waals surface area contributed by atoms with E-state index in [1.165, 1.54) is 6.07 Å². The molecule has 20 heavy (non-hydrogen) atoms. The van der Waals surface area contributed by atoms with E-state index in [9.17, 15) is 8.78 Å². The second-order valence-corrected chi connectivity index (χ2v) is 6.13. The number of fused-ring (bicyclic) bond motifs is 1. The Morgan fingerprint density at radius 3 is 2.80 bits per heavy atom. The third-order valence-electron chi connectivity index (χ3n) is 3.80. The van der Waals surface area contributed by atoms with Crippen LogP contribution >= 0.6 is 11.6 Å². The van der Waals surface area contributed by atoms with Gasteiger partial charge in [-0.15, -0.1) is 11.6 Å². The van der Waals surface area contributed by atoms with Gasteiger partial charge in [0.25, 0.3) is 0 Å². The van der Waals surface area contributed by atoms with Crippen LogP contribution in [-0.4, -0.2) is 22.8 Å². The fourth-order valence-corrected chi connectivity index (χ4v) is 2.93. The minimum atomic E-state index is -0.667. The van der Waals surface area contributed by atoms with Crippen LogP contribution in [0.4, 0.5) is 8.78 Å². The van der Waals surface area contributed by atoms with E-state index in [1.807, 2.05) is 11.5 Å². The van der Waals surface area contributed by atoms with Crippen LogP contribution in [0.5, 0.6) is 0 Å². The quantitative estimate of drug-likeness (QED) is 0.790. The first-order chi connectivity index (χ1) is 9.42. The SMILES string of the molecule is CC(Cl)c1nc2c(F)cc(F)cc2n1C1(C)CCOC1. The van der Waals surface area contributed by atoms with Crippen LogP contribution in [0, 0.1) is 11.6 Å². The Morgan fingerprint density at radius 1 is 1.45 bits per heavy atom. The number of aromatic nitrogens is 2. The number of hydrogen-bond donors (Lipinski definition) is 0. The Labute approximate surface area is 120 Å². The Balaban J connectivity index is 2.34. The number of alkyl halides is 1. The summed E-state index contributed by atoms with van der Waals surface area (Å²) in [6.45, 7) is 4.86. The summed E-state index contributed by atoms with van der Waals surface area (Å²) in [7, 11) is 0. The molecule has 1 aromatic carbocycles. The van der Waals surface area contributed by atoms with Crippen molar-refractivity contribution < 1.29 is 13.5 Å². The molecule has 108 valence electrons. The van der Waals surface area contributed by atoms with Crippen molar-refractivity contribution in [3.05, 3.63) is 29.6 Å². The average Bonchev–Trinajstić information content (AvgIpc) is 2.93. The van der Waals surface area contributed by atoms with Crippen LogP contribution in [0.25, 0.3) is 11.0 Å². The van der Waals surface area contributed by atoms with E-state index in [4.69, 9.17) is 16.3 Å². The number of rotatable bonds is 2. The highest BCUT2D eigenvalue weighted by molar-refractivity contribution is 6.20. The summed E-state index contributed by atoms with van der Waals surface area (Å²) >= 11 is 6.17. The van der Waals surface area contributed by atoms with Gasteiger partial charge in [-0.05, 0) is 20.3 Å². The predicted molar refractivity (Wildman–Crippen MR) is 73.0 cm³/mol. The second kappa shape index (κ2) is 4.67. The van der Waals surface area contributed by atoms with Gasteiger partial charge >= 0.3 is 0 Å². The molecule has 2 heterocycles. The van der Waals surface area contributed by atoms with Crippen LogP contribution < -0.4 is 0 Å². The topological polar surface area (TPSA) is 27.1 Å². The van der Waals surface area contributed by atoms with E-state index in [-0.39, 0.29) is 11.1 Å². The molecule has 3 nitrogen and oxygen atoms in total. The lowest BCUT2D eigenvalue weighted by atomic mass is 10.0. The predicted octanol–water partition coefficient (Wildman–Crippen LogP) is 3.75. The molecule has 6 heteroatoms. The van der Waals surface area contributed by atoms with Crippen molar-refractivity contribution in [1.82, 2.24) is 9.55 Å². The number of imidazole rings is 1. The second-order valence-electron chi connectivity index (χ2n) is 5.48. The molecule has 0 N–H and O–H groups in total. The number of hydrogen-bond acceptors (Lipinski definition) is 2. The van der Waals surface area contributed by atoms with Gasteiger partial charge < -0.3 is 9.30 Å². The van der Waals surface area contributed by atoms with Crippen molar-refractivity contribution in [3.8, 4) is 0 Å². The van der Waals surface area contributed by atoms with Crippen LogP contribution in [0.1, 0.15) is 31.5 Å². The van der Waals surface area contributed by atoms with Gasteiger partial charge in [-0.1, -0.05) is 0 Å². The summed E-state index contributed by atoms with van der Waals surface area (Å²) < 4.78 is 34.8. The molecule has 3 rings (SSSR count). The van der Waals surface area contributed by atoms with Crippen molar-refractivity contribution in [1.29, 1.82) is 0 Å². The molecule has 1 aliphatic rings. The molecule has 2 aromatic rings. The summed E-state index contributed by atoms with van der Waals surface area (Å²) in [5.74, 6) is -0.744. The van der Waals surface area contributed by atoms with Crippen molar-refractivity contribution in [3.63, 3.8) is 0 Å². The van der Waals surface area contributed by atoms with Crippen LogP contribution in [0.3, 0.4) is 0 Å². The molecule has 0 amide bonds. The van der Waals surface area contributed by atoms with Crippen LogP contribution in [-0.2, 0) is 10.3 Å². The molecule has 0 radical (unpaired) electrons. The maximum atomic E-state index is 13.9. The molecule has 0 bridgehead atoms. The number of halogens is 3. The first-order valence-corrected chi connectivity index (χ1v) is 6.96. The molecule has 1 saturated heterocycles. The van der Waals surface area contributed by atoms with E-state index >= 15 is 0 Å². The summed E-state index contributed by atoms with van der Waals surface area (Å²) in [5, 5.41) is -0.401. The fraction of sp³-hybridized carbons (Fsp3) is 0.500. The fourth-order valence-electron chi connectivity index (χ4n) is 2.79. The third-order valence-corrected chi connectivity index (χ3v) is 3.99. The van der Waals surface area contributed by atoms with Crippen molar-refractivity contribution in [2.75, 3.05) is 13.2 Å². The Hall–Kier alpha value is -1.20. The van der Waals surface area contributed by atoms with E-state index < -0.39 is 17.0 Å². The van der Waals surface area contributed by atoms with E-state index in [1.54, 1.807) is 6.92 Å². The zero-order valence-electron chi connectivity index (χ0n) is 11.3. The van der Waals surface area contributed by atoms with Gasteiger partial charge in [-0.3, -0.25) is 0 Å². The standard InChI is InChI=1S/C14H15ClF2N2O/c1-8(15)13-18-12-10(17)5-9(16)6-11(12)19(13)14(2)3-4-20-7-14/h5-6,8H,3-4,7H2,1-2H3. The number of nitrogens with zero attached hydrogens (tertiary/aromatic N) is 2. The van der Waals surface area contributed by atoms with E-state index in [0.717, 1.165) is 12.5 Å². The lowest BCUT2D eigenvalue weighted by Crippen LogP contribution is -2.32. The van der Waals surface area contributed by atoms with Gasteiger partial charge in [0.05, 0.1) is 23.0 Å². The molecular formula is C14H15ClF2N2O. The van der Waals surface area contributed by atoms with Crippen LogP contribution in [0.2, 0.25) is 0 Å². The maximum absolute atomic E-state index is 13.9. The van der Waals surface area contributed by atoms with Crippen LogP contribution in [0.15, 0.2) is 12.1 Å². The largest absolute Gasteiger partial charge is 0.379 e. The van der Waals surface area contributed by atoms with Gasteiger partial charge in [0.15, 0.2) is 5.82 Å². The van der Waals surface area contributed by atoms with Gasteiger partial charge in [-0.2, -0.15) is 0 Å². The first kappa shape index (κ1) is 13.8. The normalized spacial score (nSPS) is 24.4. The Bertz CT molecular complexity index is 663. The summed E-state index contributed by atoms with van der Waals surface area (Å²) in [5.41, 5.74) is 0.202. The van der Waals surface area contributed by atoms with E-state index in [0.29, 0.717) is 24.6 Å². The summed E-state index contributed by atoms with van der Waals surface area (Å²) in [6.07, 6.45) is 0.757. The van der Waals surface area contributed by atoms with Crippen molar-refractivity contribution >= 4 is 22.6 Å². The zero-order valence-corrected chi connectivity index (χ0v) is 12.0. The van der Waals surface area contributed by atoms with E-state index in [2.05, 4.69) is 4.98 Å². The number of benzene rings is 1. The third kappa shape index (κ3) is 2.00. The molecule has 2 unspecified atom stereocenters. The van der Waals surface area contributed by atoms with Gasteiger partial charge in [0.2, 0.25) is 0 Å². The lowest BCUT2D eigenvalue weighted by molar-refractivity contribution is 0.162.